The van der Waals surface area contributed by atoms with Crippen molar-refractivity contribution in [2.24, 2.45) is 5.73 Å². The Kier molecular flexibility index (Phi) is 4.28. The van der Waals surface area contributed by atoms with Crippen molar-refractivity contribution in [3.8, 4) is 5.88 Å². The van der Waals surface area contributed by atoms with Crippen LogP contribution in [-0.2, 0) is 6.54 Å². The van der Waals surface area contributed by atoms with Gasteiger partial charge in [-0.05, 0) is 19.4 Å². The summed E-state index contributed by atoms with van der Waals surface area (Å²) in [7, 11) is 1.63. The minimum atomic E-state index is 0.468. The van der Waals surface area contributed by atoms with Gasteiger partial charge in [-0.2, -0.15) is 0 Å². The zero-order valence-electron chi connectivity index (χ0n) is 10.3. The highest BCUT2D eigenvalue weighted by atomic mass is 16.5. The van der Waals surface area contributed by atoms with Crippen LogP contribution in [-0.4, -0.2) is 41.1 Å². The summed E-state index contributed by atoms with van der Waals surface area (Å²) in [5.41, 5.74) is 6.71. The first-order valence-corrected chi connectivity index (χ1v) is 6.13. The summed E-state index contributed by atoms with van der Waals surface area (Å²) in [6.07, 6.45) is 7.05. The van der Waals surface area contributed by atoms with Crippen LogP contribution in [0.1, 0.15) is 25.0 Å². The van der Waals surface area contributed by atoms with Gasteiger partial charge in [0.05, 0.1) is 7.11 Å². The van der Waals surface area contributed by atoms with Gasteiger partial charge in [0.25, 0.3) is 0 Å². The predicted octanol–water partition coefficient (Wildman–Crippen LogP) is 0.798. The van der Waals surface area contributed by atoms with E-state index in [0.29, 0.717) is 18.5 Å². The Morgan fingerprint density at radius 3 is 3.00 bits per heavy atom. The van der Waals surface area contributed by atoms with Gasteiger partial charge in [-0.1, -0.05) is 6.42 Å². The van der Waals surface area contributed by atoms with Gasteiger partial charge in [0.15, 0.2) is 0 Å². The maximum atomic E-state index is 5.81. The zero-order valence-corrected chi connectivity index (χ0v) is 10.3. The second-order valence-corrected chi connectivity index (χ2v) is 4.37. The van der Waals surface area contributed by atoms with E-state index in [-0.39, 0.29) is 0 Å². The quantitative estimate of drug-likeness (QED) is 0.837. The molecule has 0 bridgehead atoms. The number of hydrogen-bond acceptors (Lipinski definition) is 5. The van der Waals surface area contributed by atoms with Crippen molar-refractivity contribution < 1.29 is 4.74 Å². The average Bonchev–Trinajstić information content (AvgIpc) is 2.40. The van der Waals surface area contributed by atoms with Gasteiger partial charge in [-0.3, -0.25) is 9.88 Å². The van der Waals surface area contributed by atoms with Crippen molar-refractivity contribution in [2.45, 2.75) is 31.8 Å². The first-order chi connectivity index (χ1) is 8.35. The molecule has 94 valence electrons. The molecule has 2 rings (SSSR count). The number of piperidine rings is 1. The van der Waals surface area contributed by atoms with Gasteiger partial charge >= 0.3 is 0 Å². The topological polar surface area (TPSA) is 64.3 Å². The lowest BCUT2D eigenvalue weighted by Crippen LogP contribution is -2.43. The van der Waals surface area contributed by atoms with Crippen LogP contribution in [0.3, 0.4) is 0 Å². The molecule has 1 atom stereocenters. The number of likely N-dealkylation sites (tertiary alicyclic amines) is 1. The average molecular weight is 236 g/mol. The van der Waals surface area contributed by atoms with Crippen LogP contribution in [0.5, 0.6) is 5.88 Å². The van der Waals surface area contributed by atoms with E-state index in [1.807, 2.05) is 0 Å². The number of nitrogens with zero attached hydrogens (tertiary/aromatic N) is 3. The summed E-state index contributed by atoms with van der Waals surface area (Å²) in [6.45, 7) is 2.57. The number of aromatic nitrogens is 2. The number of ether oxygens (including phenoxy) is 1. The molecule has 2 heterocycles. The molecule has 1 aromatic heterocycles. The summed E-state index contributed by atoms with van der Waals surface area (Å²) < 4.78 is 5.22. The third kappa shape index (κ3) is 2.92. The molecule has 0 amide bonds. The summed E-state index contributed by atoms with van der Waals surface area (Å²) in [5.74, 6) is 0.619. The lowest BCUT2D eigenvalue weighted by molar-refractivity contribution is 0.141. The molecule has 1 aliphatic heterocycles. The van der Waals surface area contributed by atoms with E-state index in [2.05, 4.69) is 14.9 Å². The lowest BCUT2D eigenvalue weighted by atomic mass is 10.0. The molecule has 0 aliphatic carbocycles. The fraction of sp³-hybridized carbons (Fsp3) is 0.667. The number of rotatable bonds is 4. The summed E-state index contributed by atoms with van der Waals surface area (Å²) >= 11 is 0. The first-order valence-electron chi connectivity index (χ1n) is 6.13. The van der Waals surface area contributed by atoms with Crippen LogP contribution in [0.4, 0.5) is 0 Å². The molecule has 1 unspecified atom stereocenters. The van der Waals surface area contributed by atoms with E-state index >= 15 is 0 Å². The molecule has 17 heavy (non-hydrogen) atoms. The summed E-state index contributed by atoms with van der Waals surface area (Å²) in [4.78, 5) is 10.9. The molecule has 5 heteroatoms. The first kappa shape index (κ1) is 12.3. The molecule has 0 aromatic carbocycles. The minimum Gasteiger partial charge on any atom is -0.480 e. The van der Waals surface area contributed by atoms with Crippen molar-refractivity contribution in [3.63, 3.8) is 0 Å². The Labute approximate surface area is 102 Å². The Hall–Kier alpha value is -1.20. The minimum absolute atomic E-state index is 0.468. The lowest BCUT2D eigenvalue weighted by Gasteiger charge is -2.34. The Balaban J connectivity index is 2.08. The summed E-state index contributed by atoms with van der Waals surface area (Å²) in [6, 6.07) is 0.468. The molecule has 0 spiro atoms. The predicted molar refractivity (Wildman–Crippen MR) is 65.7 cm³/mol. The molecule has 5 nitrogen and oxygen atoms in total. The van der Waals surface area contributed by atoms with Crippen molar-refractivity contribution in [1.82, 2.24) is 14.9 Å². The second-order valence-electron chi connectivity index (χ2n) is 4.37. The van der Waals surface area contributed by atoms with E-state index in [0.717, 1.165) is 18.8 Å². The number of nitrogens with two attached hydrogens (primary N) is 1. The van der Waals surface area contributed by atoms with Gasteiger partial charge in [-0.25, -0.2) is 4.98 Å². The van der Waals surface area contributed by atoms with E-state index in [4.69, 9.17) is 10.5 Å². The van der Waals surface area contributed by atoms with Gasteiger partial charge in [-0.15, -0.1) is 0 Å². The van der Waals surface area contributed by atoms with Crippen LogP contribution in [0.15, 0.2) is 12.4 Å². The fourth-order valence-corrected chi connectivity index (χ4v) is 2.36. The molecule has 1 aliphatic rings. The van der Waals surface area contributed by atoms with Crippen LogP contribution in [0.2, 0.25) is 0 Å². The molecule has 1 saturated heterocycles. The van der Waals surface area contributed by atoms with Crippen molar-refractivity contribution in [3.05, 3.63) is 18.1 Å². The summed E-state index contributed by atoms with van der Waals surface area (Å²) in [5, 5.41) is 0. The Bertz CT molecular complexity index is 358. The van der Waals surface area contributed by atoms with E-state index < -0.39 is 0 Å². The highest BCUT2D eigenvalue weighted by molar-refractivity contribution is 5.17. The van der Waals surface area contributed by atoms with Crippen LogP contribution in [0, 0.1) is 0 Å². The smallest absolute Gasteiger partial charge is 0.236 e. The van der Waals surface area contributed by atoms with Gasteiger partial charge in [0, 0.05) is 31.5 Å². The molecule has 1 aromatic rings. The molecule has 0 saturated carbocycles. The zero-order chi connectivity index (χ0) is 12.1. The third-order valence-corrected chi connectivity index (χ3v) is 3.30. The SMILES string of the molecule is COc1nccnc1CN1CCCCC1CN. The van der Waals surface area contributed by atoms with Crippen molar-refractivity contribution in [2.75, 3.05) is 20.2 Å². The number of hydrogen-bond donors (Lipinski definition) is 1. The van der Waals surface area contributed by atoms with Gasteiger partial charge in [0.1, 0.15) is 5.69 Å². The van der Waals surface area contributed by atoms with Crippen LogP contribution < -0.4 is 10.5 Å². The molecule has 0 radical (unpaired) electrons. The second kappa shape index (κ2) is 5.93. The van der Waals surface area contributed by atoms with Crippen molar-refractivity contribution in [1.29, 1.82) is 0 Å². The van der Waals surface area contributed by atoms with E-state index in [1.54, 1.807) is 19.5 Å². The normalized spacial score (nSPS) is 21.4. The van der Waals surface area contributed by atoms with Gasteiger partial charge < -0.3 is 10.5 Å². The standard InChI is InChI=1S/C12H20N4O/c1-17-12-11(14-5-6-15-12)9-16-7-3-2-4-10(16)8-13/h5-6,10H,2-4,7-9,13H2,1H3. The number of methoxy groups -OCH3 is 1. The van der Waals surface area contributed by atoms with E-state index in [1.165, 1.54) is 19.3 Å². The van der Waals surface area contributed by atoms with Crippen LogP contribution in [0.25, 0.3) is 0 Å². The van der Waals surface area contributed by atoms with E-state index in [9.17, 15) is 0 Å². The highest BCUT2D eigenvalue weighted by Gasteiger charge is 2.22. The molecule has 2 N–H and O–H groups in total. The largest absolute Gasteiger partial charge is 0.480 e. The Morgan fingerprint density at radius 1 is 1.41 bits per heavy atom. The fourth-order valence-electron chi connectivity index (χ4n) is 2.36. The maximum Gasteiger partial charge on any atom is 0.236 e. The third-order valence-electron chi connectivity index (χ3n) is 3.30. The molecular formula is C12H20N4O. The highest BCUT2D eigenvalue weighted by Crippen LogP contribution is 2.21. The Morgan fingerprint density at radius 2 is 2.24 bits per heavy atom. The van der Waals surface area contributed by atoms with Crippen molar-refractivity contribution >= 4 is 0 Å². The van der Waals surface area contributed by atoms with Gasteiger partial charge in [0.2, 0.25) is 5.88 Å². The maximum absolute atomic E-state index is 5.81. The molecule has 1 fully saturated rings. The van der Waals surface area contributed by atoms with Crippen LogP contribution >= 0.6 is 0 Å². The molecular weight excluding hydrogens is 216 g/mol. The monoisotopic (exact) mass is 236 g/mol.